The molecule has 2 rings (SSSR count). The molecule has 0 aliphatic rings. The number of nitrogens with one attached hydrogen (secondary N) is 1. The molecule has 0 bridgehead atoms. The molecule has 20 heavy (non-hydrogen) atoms. The average Bonchev–Trinajstić information content (AvgIpc) is 2.38. The maximum Gasteiger partial charge on any atom is 0.149 e. The van der Waals surface area contributed by atoms with Crippen LogP contribution in [0, 0.1) is 0 Å². The Morgan fingerprint density at radius 1 is 0.950 bits per heavy atom. The summed E-state index contributed by atoms with van der Waals surface area (Å²) in [5.74, 6) is 0.132. The molecule has 0 spiro atoms. The van der Waals surface area contributed by atoms with Crippen LogP contribution >= 0.6 is 0 Å². The van der Waals surface area contributed by atoms with Gasteiger partial charge in [-0.3, -0.25) is 0 Å². The van der Waals surface area contributed by atoms with Gasteiger partial charge >= 0.3 is 0 Å². The minimum Gasteiger partial charge on any atom is -0.382 e. The topological polar surface area (TPSA) is 46.2 Å². The van der Waals surface area contributed by atoms with Crippen LogP contribution in [0.3, 0.4) is 0 Å². The zero-order valence-corrected chi connectivity index (χ0v) is 12.5. The van der Waals surface area contributed by atoms with E-state index in [2.05, 4.69) is 17.4 Å². The highest BCUT2D eigenvalue weighted by atomic mass is 32.2. The Morgan fingerprint density at radius 3 is 2.05 bits per heavy atom. The molecular weight excluding hydrogens is 270 g/mol. The fourth-order valence-electron chi connectivity index (χ4n) is 2.17. The van der Waals surface area contributed by atoms with E-state index in [1.54, 1.807) is 0 Å². The lowest BCUT2D eigenvalue weighted by atomic mass is 10.1. The van der Waals surface area contributed by atoms with Gasteiger partial charge < -0.3 is 5.32 Å². The summed E-state index contributed by atoms with van der Waals surface area (Å²) in [7, 11) is -2.96. The molecule has 0 saturated heterocycles. The molecule has 0 aliphatic carbocycles. The minimum atomic E-state index is -2.96. The normalized spacial score (nSPS) is 12.9. The van der Waals surface area contributed by atoms with Crippen molar-refractivity contribution in [2.45, 2.75) is 13.0 Å². The fourth-order valence-corrected chi connectivity index (χ4v) is 3.16. The number of anilines is 1. The first-order chi connectivity index (χ1) is 9.44. The summed E-state index contributed by atoms with van der Waals surface area (Å²) in [5.41, 5.74) is 3.25. The molecule has 106 valence electrons. The van der Waals surface area contributed by atoms with Crippen molar-refractivity contribution in [3.63, 3.8) is 0 Å². The van der Waals surface area contributed by atoms with Gasteiger partial charge in [0.25, 0.3) is 0 Å². The Kier molecular flexibility index (Phi) is 4.45. The van der Waals surface area contributed by atoms with Crippen LogP contribution in [0.15, 0.2) is 54.6 Å². The molecule has 0 aromatic heterocycles. The maximum absolute atomic E-state index is 11.2. The molecule has 0 heterocycles. The van der Waals surface area contributed by atoms with Gasteiger partial charge in [-0.15, -0.1) is 0 Å². The van der Waals surface area contributed by atoms with Crippen molar-refractivity contribution in [2.24, 2.45) is 0 Å². The lowest BCUT2D eigenvalue weighted by molar-refractivity contribution is 0.598. The number of hydrogen-bond donors (Lipinski definition) is 1. The van der Waals surface area contributed by atoms with Crippen molar-refractivity contribution < 1.29 is 8.42 Å². The average molecular weight is 289 g/mol. The van der Waals surface area contributed by atoms with Crippen molar-refractivity contribution in [3.8, 4) is 11.1 Å². The van der Waals surface area contributed by atoms with Crippen LogP contribution in [0.4, 0.5) is 5.69 Å². The van der Waals surface area contributed by atoms with Gasteiger partial charge in [0.2, 0.25) is 0 Å². The van der Waals surface area contributed by atoms with Crippen molar-refractivity contribution in [2.75, 3.05) is 17.3 Å². The van der Waals surface area contributed by atoms with Gasteiger partial charge in [0.05, 0.1) is 5.75 Å². The van der Waals surface area contributed by atoms with Crippen molar-refractivity contribution in [3.05, 3.63) is 54.6 Å². The van der Waals surface area contributed by atoms with Gasteiger partial charge in [-0.05, 0) is 30.2 Å². The number of rotatable bonds is 5. The highest BCUT2D eigenvalue weighted by molar-refractivity contribution is 7.90. The summed E-state index contributed by atoms with van der Waals surface area (Å²) in [6.45, 7) is 1.87. The number of hydrogen-bond acceptors (Lipinski definition) is 3. The van der Waals surface area contributed by atoms with Gasteiger partial charge in [0, 0.05) is 18.0 Å². The Morgan fingerprint density at radius 2 is 1.50 bits per heavy atom. The quantitative estimate of drug-likeness (QED) is 0.919. The second-order valence-corrected chi connectivity index (χ2v) is 7.27. The molecule has 4 heteroatoms. The molecular formula is C16H19NO2S. The molecule has 0 fully saturated rings. The first kappa shape index (κ1) is 14.6. The molecule has 1 N–H and O–H groups in total. The second-order valence-electron chi connectivity index (χ2n) is 5.08. The van der Waals surface area contributed by atoms with Crippen LogP contribution in [0.2, 0.25) is 0 Å². The Hall–Kier alpha value is -1.81. The summed E-state index contributed by atoms with van der Waals surface area (Å²) in [6, 6.07) is 18.0. The van der Waals surface area contributed by atoms with Crippen LogP contribution < -0.4 is 5.32 Å². The standard InChI is InChI=1S/C16H19NO2S/c1-13(12-20(2,18)19)17-16-10-8-15(9-11-16)14-6-4-3-5-7-14/h3-11,13,17H,12H2,1-2H3. The molecule has 0 amide bonds. The Labute approximate surface area is 120 Å². The zero-order valence-electron chi connectivity index (χ0n) is 11.7. The molecule has 2 aromatic rings. The smallest absolute Gasteiger partial charge is 0.149 e. The first-order valence-corrected chi connectivity index (χ1v) is 8.60. The predicted octanol–water partition coefficient (Wildman–Crippen LogP) is 3.20. The summed E-state index contributed by atoms with van der Waals surface area (Å²) in [5, 5.41) is 3.20. The lowest BCUT2D eigenvalue weighted by Gasteiger charge is -2.14. The maximum atomic E-state index is 11.2. The zero-order chi connectivity index (χ0) is 14.6. The summed E-state index contributed by atoms with van der Waals surface area (Å²) >= 11 is 0. The van der Waals surface area contributed by atoms with Gasteiger partial charge in [0.1, 0.15) is 9.84 Å². The van der Waals surface area contributed by atoms with Gasteiger partial charge in [-0.1, -0.05) is 42.5 Å². The van der Waals surface area contributed by atoms with E-state index in [1.165, 1.54) is 11.8 Å². The Balaban J connectivity index is 2.06. The molecule has 2 aromatic carbocycles. The van der Waals surface area contributed by atoms with E-state index < -0.39 is 9.84 Å². The molecule has 1 unspecified atom stereocenters. The highest BCUT2D eigenvalue weighted by Gasteiger charge is 2.10. The van der Waals surface area contributed by atoms with E-state index >= 15 is 0 Å². The van der Waals surface area contributed by atoms with E-state index in [4.69, 9.17) is 0 Å². The number of benzene rings is 2. The third kappa shape index (κ3) is 4.38. The predicted molar refractivity (Wildman–Crippen MR) is 84.7 cm³/mol. The SMILES string of the molecule is CC(CS(C)(=O)=O)Nc1ccc(-c2ccccc2)cc1. The van der Waals surface area contributed by atoms with Crippen LogP contribution in [0.1, 0.15) is 6.92 Å². The van der Waals surface area contributed by atoms with E-state index in [1.807, 2.05) is 49.4 Å². The summed E-state index contributed by atoms with van der Waals surface area (Å²) < 4.78 is 22.5. The van der Waals surface area contributed by atoms with Crippen molar-refractivity contribution in [1.82, 2.24) is 0 Å². The molecule has 0 aliphatic heterocycles. The summed E-state index contributed by atoms with van der Waals surface area (Å²) in [4.78, 5) is 0. The number of sulfone groups is 1. The monoisotopic (exact) mass is 289 g/mol. The van der Waals surface area contributed by atoms with Crippen LogP contribution in [0.5, 0.6) is 0 Å². The van der Waals surface area contributed by atoms with E-state index in [-0.39, 0.29) is 11.8 Å². The van der Waals surface area contributed by atoms with Gasteiger partial charge in [-0.2, -0.15) is 0 Å². The highest BCUT2D eigenvalue weighted by Crippen LogP contribution is 2.21. The minimum absolute atomic E-state index is 0.104. The van der Waals surface area contributed by atoms with E-state index in [0.717, 1.165) is 11.3 Å². The largest absolute Gasteiger partial charge is 0.382 e. The van der Waals surface area contributed by atoms with Gasteiger partial charge in [-0.25, -0.2) is 8.42 Å². The second kappa shape index (κ2) is 6.09. The van der Waals surface area contributed by atoms with Crippen molar-refractivity contribution in [1.29, 1.82) is 0 Å². The van der Waals surface area contributed by atoms with Gasteiger partial charge in [0.15, 0.2) is 0 Å². The molecule has 3 nitrogen and oxygen atoms in total. The summed E-state index contributed by atoms with van der Waals surface area (Å²) in [6.07, 6.45) is 1.25. The van der Waals surface area contributed by atoms with E-state index in [9.17, 15) is 8.42 Å². The van der Waals surface area contributed by atoms with Crippen LogP contribution in [0.25, 0.3) is 11.1 Å². The third-order valence-electron chi connectivity index (χ3n) is 2.96. The first-order valence-electron chi connectivity index (χ1n) is 6.54. The molecule has 0 radical (unpaired) electrons. The van der Waals surface area contributed by atoms with Crippen molar-refractivity contribution >= 4 is 15.5 Å². The lowest BCUT2D eigenvalue weighted by Crippen LogP contribution is -2.24. The Bertz CT molecular complexity index is 649. The molecule has 0 saturated carbocycles. The van der Waals surface area contributed by atoms with Crippen LogP contribution in [-0.4, -0.2) is 26.5 Å². The molecule has 1 atom stereocenters. The van der Waals surface area contributed by atoms with Crippen LogP contribution in [-0.2, 0) is 9.84 Å². The fraction of sp³-hybridized carbons (Fsp3) is 0.250. The van der Waals surface area contributed by atoms with E-state index in [0.29, 0.717) is 0 Å². The third-order valence-corrected chi connectivity index (χ3v) is 4.06.